The van der Waals surface area contributed by atoms with Crippen molar-refractivity contribution < 1.29 is 4.74 Å². The monoisotopic (exact) mass is 246 g/mol. The highest BCUT2D eigenvalue weighted by Crippen LogP contribution is 1.91. The summed E-state index contributed by atoms with van der Waals surface area (Å²) in [7, 11) is 1.50. The van der Waals surface area contributed by atoms with Crippen molar-refractivity contribution >= 4 is 11.6 Å². The first kappa shape index (κ1) is 13.0. The molecular weight excluding hydrogens is 232 g/mol. The number of nitrogens with zero attached hydrogens (tertiary/aromatic N) is 2. The molecule has 5 nitrogen and oxygen atoms in total. The zero-order valence-electron chi connectivity index (χ0n) is 9.40. The summed E-state index contributed by atoms with van der Waals surface area (Å²) in [6.45, 7) is 2.15. The van der Waals surface area contributed by atoms with Gasteiger partial charge in [-0.2, -0.15) is 0 Å². The molecule has 0 bridgehead atoms. The van der Waals surface area contributed by atoms with E-state index in [1.54, 1.807) is 6.92 Å². The average Bonchev–Trinajstić information content (AvgIpc) is 2.26. The van der Waals surface area contributed by atoms with Crippen LogP contribution in [0.1, 0.15) is 12.0 Å². The van der Waals surface area contributed by atoms with Gasteiger partial charge < -0.3 is 4.74 Å². The van der Waals surface area contributed by atoms with Gasteiger partial charge in [-0.25, -0.2) is 4.79 Å². The number of halogens is 1. The Morgan fingerprint density at radius 2 is 2.12 bits per heavy atom. The first-order chi connectivity index (χ1) is 7.61. The van der Waals surface area contributed by atoms with Crippen LogP contribution in [-0.2, 0) is 18.0 Å². The second-order valence-corrected chi connectivity index (χ2v) is 3.86. The van der Waals surface area contributed by atoms with E-state index in [4.69, 9.17) is 16.3 Å². The SMILES string of the molecule is COCn1cc(C)c(=O)n(CCCCl)c1=O. The third-order valence-corrected chi connectivity index (χ3v) is 2.46. The molecule has 1 rings (SSSR count). The summed E-state index contributed by atoms with van der Waals surface area (Å²) in [6.07, 6.45) is 2.10. The van der Waals surface area contributed by atoms with Crippen molar-refractivity contribution in [3.8, 4) is 0 Å². The molecule has 1 heterocycles. The van der Waals surface area contributed by atoms with Gasteiger partial charge in [0.05, 0.1) is 0 Å². The van der Waals surface area contributed by atoms with Crippen molar-refractivity contribution in [2.24, 2.45) is 0 Å². The number of rotatable bonds is 5. The summed E-state index contributed by atoms with van der Waals surface area (Å²) in [5, 5.41) is 0. The van der Waals surface area contributed by atoms with Crippen LogP contribution in [-0.4, -0.2) is 22.1 Å². The van der Waals surface area contributed by atoms with Gasteiger partial charge in [0.15, 0.2) is 0 Å². The quantitative estimate of drug-likeness (QED) is 0.713. The summed E-state index contributed by atoms with van der Waals surface area (Å²) in [4.78, 5) is 23.6. The van der Waals surface area contributed by atoms with Crippen molar-refractivity contribution in [2.75, 3.05) is 13.0 Å². The van der Waals surface area contributed by atoms with Crippen LogP contribution in [0, 0.1) is 6.92 Å². The number of ether oxygens (including phenoxy) is 1. The fraction of sp³-hybridized carbons (Fsp3) is 0.600. The summed E-state index contributed by atoms with van der Waals surface area (Å²) in [5.74, 6) is 0.421. The van der Waals surface area contributed by atoms with E-state index < -0.39 is 0 Å². The largest absolute Gasteiger partial charge is 0.364 e. The number of hydrogen-bond donors (Lipinski definition) is 0. The first-order valence-corrected chi connectivity index (χ1v) is 5.51. The molecule has 1 aromatic heterocycles. The van der Waals surface area contributed by atoms with Gasteiger partial charge in [0.2, 0.25) is 0 Å². The van der Waals surface area contributed by atoms with Crippen LogP contribution in [0.3, 0.4) is 0 Å². The van der Waals surface area contributed by atoms with Crippen LogP contribution >= 0.6 is 11.6 Å². The Balaban J connectivity index is 3.23. The maximum absolute atomic E-state index is 11.8. The average molecular weight is 247 g/mol. The third-order valence-electron chi connectivity index (χ3n) is 2.19. The van der Waals surface area contributed by atoms with Crippen molar-refractivity contribution in [3.05, 3.63) is 32.6 Å². The molecule has 0 atom stereocenters. The van der Waals surface area contributed by atoms with E-state index in [0.717, 1.165) is 0 Å². The highest BCUT2D eigenvalue weighted by atomic mass is 35.5. The van der Waals surface area contributed by atoms with Crippen LogP contribution < -0.4 is 11.2 Å². The van der Waals surface area contributed by atoms with Gasteiger partial charge in [0.1, 0.15) is 6.73 Å². The predicted molar refractivity (Wildman–Crippen MR) is 62.0 cm³/mol. The Bertz CT molecular complexity index is 464. The second kappa shape index (κ2) is 5.86. The van der Waals surface area contributed by atoms with E-state index in [1.807, 2.05) is 0 Å². The van der Waals surface area contributed by atoms with E-state index >= 15 is 0 Å². The number of methoxy groups -OCH3 is 1. The molecular formula is C10H15ClN2O3. The molecule has 0 aliphatic carbocycles. The number of alkyl halides is 1. The lowest BCUT2D eigenvalue weighted by Gasteiger charge is -2.10. The van der Waals surface area contributed by atoms with Crippen LogP contribution in [0.2, 0.25) is 0 Å². The van der Waals surface area contributed by atoms with Gasteiger partial charge in [-0.05, 0) is 13.3 Å². The van der Waals surface area contributed by atoms with Gasteiger partial charge in [-0.3, -0.25) is 13.9 Å². The molecule has 0 aliphatic heterocycles. The van der Waals surface area contributed by atoms with Crippen LogP contribution in [0.4, 0.5) is 0 Å². The molecule has 0 unspecified atom stereocenters. The topological polar surface area (TPSA) is 53.2 Å². The summed E-state index contributed by atoms with van der Waals surface area (Å²) >= 11 is 5.55. The maximum Gasteiger partial charge on any atom is 0.332 e. The molecule has 0 saturated carbocycles. The lowest BCUT2D eigenvalue weighted by molar-refractivity contribution is 0.125. The normalized spacial score (nSPS) is 10.7. The molecule has 1 aromatic rings. The first-order valence-electron chi connectivity index (χ1n) is 4.97. The molecule has 0 N–H and O–H groups in total. The van der Waals surface area contributed by atoms with E-state index in [9.17, 15) is 9.59 Å². The summed E-state index contributed by atoms with van der Waals surface area (Å²) in [5.41, 5.74) is -0.101. The summed E-state index contributed by atoms with van der Waals surface area (Å²) in [6, 6.07) is 0. The van der Waals surface area contributed by atoms with Gasteiger partial charge in [-0.1, -0.05) is 0 Å². The molecule has 0 aromatic carbocycles. The third kappa shape index (κ3) is 2.74. The Morgan fingerprint density at radius 3 is 2.69 bits per heavy atom. The lowest BCUT2D eigenvalue weighted by atomic mass is 10.3. The van der Waals surface area contributed by atoms with E-state index in [1.165, 1.54) is 22.4 Å². The Kier molecular flexibility index (Phi) is 4.76. The Hall–Kier alpha value is -1.07. The molecule has 0 aliphatic rings. The Labute approximate surface area is 98.2 Å². The maximum atomic E-state index is 11.8. The number of aromatic nitrogens is 2. The molecule has 0 amide bonds. The van der Waals surface area contributed by atoms with Crippen LogP contribution in [0.15, 0.2) is 15.8 Å². The smallest absolute Gasteiger partial charge is 0.332 e. The molecule has 16 heavy (non-hydrogen) atoms. The highest BCUT2D eigenvalue weighted by molar-refractivity contribution is 6.17. The summed E-state index contributed by atoms with van der Waals surface area (Å²) < 4.78 is 7.44. The number of hydrogen-bond acceptors (Lipinski definition) is 3. The minimum absolute atomic E-state index is 0.140. The Morgan fingerprint density at radius 1 is 1.44 bits per heavy atom. The van der Waals surface area contributed by atoms with Crippen molar-refractivity contribution in [2.45, 2.75) is 26.6 Å². The van der Waals surface area contributed by atoms with Crippen LogP contribution in [0.5, 0.6) is 0 Å². The second-order valence-electron chi connectivity index (χ2n) is 3.48. The molecule has 0 spiro atoms. The fourth-order valence-corrected chi connectivity index (χ4v) is 1.57. The van der Waals surface area contributed by atoms with Gasteiger partial charge >= 0.3 is 5.69 Å². The molecule has 6 heteroatoms. The predicted octanol–water partition coefficient (Wildman–Crippen LogP) is 0.551. The van der Waals surface area contributed by atoms with Crippen molar-refractivity contribution in [1.82, 2.24) is 9.13 Å². The molecule has 0 saturated heterocycles. The van der Waals surface area contributed by atoms with Gasteiger partial charge in [0.25, 0.3) is 5.56 Å². The van der Waals surface area contributed by atoms with Crippen molar-refractivity contribution in [1.29, 1.82) is 0 Å². The minimum Gasteiger partial charge on any atom is -0.364 e. The fourth-order valence-electron chi connectivity index (χ4n) is 1.45. The molecule has 90 valence electrons. The van der Waals surface area contributed by atoms with E-state index in [2.05, 4.69) is 0 Å². The molecule has 0 radical (unpaired) electrons. The lowest BCUT2D eigenvalue weighted by Crippen LogP contribution is -2.41. The van der Waals surface area contributed by atoms with Crippen molar-refractivity contribution in [3.63, 3.8) is 0 Å². The van der Waals surface area contributed by atoms with Crippen LogP contribution in [0.25, 0.3) is 0 Å². The van der Waals surface area contributed by atoms with E-state index in [0.29, 0.717) is 24.4 Å². The van der Waals surface area contributed by atoms with Gasteiger partial charge in [0, 0.05) is 31.3 Å². The van der Waals surface area contributed by atoms with E-state index in [-0.39, 0.29) is 18.0 Å². The zero-order valence-corrected chi connectivity index (χ0v) is 10.2. The number of aryl methyl sites for hydroxylation is 1. The zero-order chi connectivity index (χ0) is 12.1. The molecule has 0 fully saturated rings. The standard InChI is InChI=1S/C10H15ClN2O3/c1-8-6-12(7-16-2)10(15)13(9(8)14)5-3-4-11/h6H,3-5,7H2,1-2H3. The highest BCUT2D eigenvalue weighted by Gasteiger charge is 2.07. The van der Waals surface area contributed by atoms with Gasteiger partial charge in [-0.15, -0.1) is 11.6 Å². The minimum atomic E-state index is -0.359.